The summed E-state index contributed by atoms with van der Waals surface area (Å²) in [5.41, 5.74) is 6.53. The summed E-state index contributed by atoms with van der Waals surface area (Å²) < 4.78 is 16.2. The van der Waals surface area contributed by atoms with E-state index in [0.717, 1.165) is 20.8 Å². The van der Waals surface area contributed by atoms with Gasteiger partial charge in [-0.15, -0.1) is 0 Å². The predicted octanol–water partition coefficient (Wildman–Crippen LogP) is 3.31. The number of methoxy groups -OCH3 is 2. The number of rotatable bonds is 8. The number of benzene rings is 2. The van der Waals surface area contributed by atoms with E-state index >= 15 is 0 Å². The first-order valence-electron chi connectivity index (χ1n) is 8.39. The van der Waals surface area contributed by atoms with Crippen LogP contribution in [0.4, 0.5) is 10.5 Å². The van der Waals surface area contributed by atoms with Crippen molar-refractivity contribution in [1.82, 2.24) is 9.97 Å². The van der Waals surface area contributed by atoms with E-state index in [4.69, 9.17) is 19.9 Å². The first kappa shape index (κ1) is 19.7. The fourth-order valence-electron chi connectivity index (χ4n) is 2.52. The van der Waals surface area contributed by atoms with Crippen LogP contribution in [0.5, 0.6) is 11.5 Å². The number of anilines is 1. The second kappa shape index (κ2) is 9.25. The van der Waals surface area contributed by atoms with Crippen LogP contribution in [0.15, 0.2) is 52.6 Å². The molecule has 3 aromatic rings. The molecule has 0 unspecified atom stereocenters. The van der Waals surface area contributed by atoms with Gasteiger partial charge in [-0.05, 0) is 24.3 Å². The molecule has 28 heavy (non-hydrogen) atoms. The topological polar surface area (TPSA) is 109 Å². The maximum absolute atomic E-state index is 11.1. The lowest BCUT2D eigenvalue weighted by atomic mass is 10.2. The average molecular weight is 400 g/mol. The third-order valence-corrected chi connectivity index (χ3v) is 4.75. The summed E-state index contributed by atoms with van der Waals surface area (Å²) in [5, 5.41) is 4.15. The van der Waals surface area contributed by atoms with Crippen LogP contribution < -0.4 is 20.5 Å². The maximum atomic E-state index is 11.1. The van der Waals surface area contributed by atoms with Crippen LogP contribution in [-0.2, 0) is 4.74 Å². The van der Waals surface area contributed by atoms with Gasteiger partial charge in [0.1, 0.15) is 18.0 Å². The monoisotopic (exact) mass is 400 g/mol. The molecule has 3 rings (SSSR count). The molecular formula is C19H20N4O4S. The van der Waals surface area contributed by atoms with Crippen LogP contribution >= 0.6 is 11.8 Å². The van der Waals surface area contributed by atoms with Crippen LogP contribution in [0.1, 0.15) is 0 Å². The largest absolute Gasteiger partial charge is 0.493 e. The van der Waals surface area contributed by atoms with Gasteiger partial charge in [-0.3, -0.25) is 0 Å². The Hall–Kier alpha value is -3.04. The van der Waals surface area contributed by atoms with Gasteiger partial charge in [0.25, 0.3) is 0 Å². The highest BCUT2D eigenvalue weighted by Gasteiger charge is 2.13. The number of ether oxygens (including phenoxy) is 3. The minimum Gasteiger partial charge on any atom is -0.493 e. The molecule has 1 heterocycles. The molecule has 0 fully saturated rings. The molecule has 0 aliphatic carbocycles. The van der Waals surface area contributed by atoms with E-state index in [9.17, 15) is 4.79 Å². The number of nitrogens with two attached hydrogens (primary N) is 1. The van der Waals surface area contributed by atoms with Crippen molar-refractivity contribution in [1.29, 1.82) is 0 Å². The van der Waals surface area contributed by atoms with Crippen molar-refractivity contribution < 1.29 is 19.0 Å². The number of carbonyl (C=O) groups is 1. The molecule has 0 aliphatic rings. The van der Waals surface area contributed by atoms with Crippen molar-refractivity contribution in [2.45, 2.75) is 9.92 Å². The Balaban J connectivity index is 1.92. The lowest BCUT2D eigenvalue weighted by Gasteiger charge is -2.13. The summed E-state index contributed by atoms with van der Waals surface area (Å²) >= 11 is 1.45. The van der Waals surface area contributed by atoms with Crippen molar-refractivity contribution in [3.05, 3.63) is 42.7 Å². The van der Waals surface area contributed by atoms with E-state index in [2.05, 4.69) is 15.3 Å². The van der Waals surface area contributed by atoms with Crippen LogP contribution in [0.2, 0.25) is 0 Å². The van der Waals surface area contributed by atoms with E-state index in [-0.39, 0.29) is 0 Å². The van der Waals surface area contributed by atoms with E-state index in [1.54, 1.807) is 20.3 Å². The van der Waals surface area contributed by atoms with E-state index in [1.807, 2.05) is 30.3 Å². The molecule has 0 radical (unpaired) electrons. The zero-order valence-corrected chi connectivity index (χ0v) is 16.3. The third kappa shape index (κ3) is 4.81. The minimum atomic E-state index is -0.611. The standard InChI is InChI=1S/C19H20N4O4S/c1-25-6-7-27-17-10-15-14(9-16(17)26-2)18(22-11-21-15)28-13-5-3-4-12(8-13)23-19(20)24/h3-5,8-11H,6-7H2,1-2H3,(H3,20,23,24). The molecule has 0 aliphatic heterocycles. The number of urea groups is 1. The average Bonchev–Trinajstić information content (AvgIpc) is 2.67. The van der Waals surface area contributed by atoms with Gasteiger partial charge in [-0.1, -0.05) is 17.8 Å². The quantitative estimate of drug-likeness (QED) is 0.441. The highest BCUT2D eigenvalue weighted by Crippen LogP contribution is 2.37. The molecule has 9 heteroatoms. The number of primary amides is 1. The van der Waals surface area contributed by atoms with Gasteiger partial charge in [0, 0.05) is 29.1 Å². The fourth-order valence-corrected chi connectivity index (χ4v) is 3.45. The summed E-state index contributed by atoms with van der Waals surface area (Å²) in [7, 11) is 3.20. The third-order valence-electron chi connectivity index (χ3n) is 3.75. The molecule has 2 aromatic carbocycles. The number of amides is 2. The summed E-state index contributed by atoms with van der Waals surface area (Å²) in [6.07, 6.45) is 1.50. The first-order chi connectivity index (χ1) is 13.6. The van der Waals surface area contributed by atoms with Gasteiger partial charge < -0.3 is 25.3 Å². The summed E-state index contributed by atoms with van der Waals surface area (Å²) in [6.45, 7) is 0.881. The van der Waals surface area contributed by atoms with Crippen LogP contribution in [0, 0.1) is 0 Å². The van der Waals surface area contributed by atoms with Gasteiger partial charge in [0.05, 0.1) is 19.2 Å². The number of hydrogen-bond donors (Lipinski definition) is 2. The van der Waals surface area contributed by atoms with Crippen molar-refractivity contribution in [2.75, 3.05) is 32.8 Å². The van der Waals surface area contributed by atoms with Crippen molar-refractivity contribution in [2.24, 2.45) is 5.73 Å². The van der Waals surface area contributed by atoms with Crippen molar-refractivity contribution in [3.8, 4) is 11.5 Å². The molecule has 0 bridgehead atoms. The molecular weight excluding hydrogens is 380 g/mol. The number of fused-ring (bicyclic) bond motifs is 1. The molecule has 1 aromatic heterocycles. The second-order valence-electron chi connectivity index (χ2n) is 5.66. The van der Waals surface area contributed by atoms with Crippen LogP contribution in [0.25, 0.3) is 10.9 Å². The van der Waals surface area contributed by atoms with Crippen molar-refractivity contribution in [3.63, 3.8) is 0 Å². The van der Waals surface area contributed by atoms with Gasteiger partial charge in [-0.25, -0.2) is 14.8 Å². The number of nitrogens with one attached hydrogen (secondary N) is 1. The highest BCUT2D eigenvalue weighted by molar-refractivity contribution is 7.99. The zero-order valence-electron chi connectivity index (χ0n) is 15.5. The Kier molecular flexibility index (Phi) is 6.51. The van der Waals surface area contributed by atoms with Crippen LogP contribution in [-0.4, -0.2) is 43.4 Å². The number of nitrogens with zero attached hydrogens (tertiary/aromatic N) is 2. The van der Waals surface area contributed by atoms with Gasteiger partial charge in [-0.2, -0.15) is 0 Å². The highest BCUT2D eigenvalue weighted by atomic mass is 32.2. The SMILES string of the molecule is COCCOc1cc2ncnc(Sc3cccc(NC(N)=O)c3)c2cc1OC. The maximum Gasteiger partial charge on any atom is 0.316 e. The van der Waals surface area contributed by atoms with Gasteiger partial charge >= 0.3 is 6.03 Å². The van der Waals surface area contributed by atoms with Crippen LogP contribution in [0.3, 0.4) is 0 Å². The lowest BCUT2D eigenvalue weighted by molar-refractivity contribution is 0.144. The fraction of sp³-hybridized carbons (Fsp3) is 0.211. The summed E-state index contributed by atoms with van der Waals surface area (Å²) in [6, 6.07) is 10.4. The second-order valence-corrected chi connectivity index (χ2v) is 6.72. The summed E-state index contributed by atoms with van der Waals surface area (Å²) in [4.78, 5) is 20.7. The molecule has 3 N–H and O–H groups in total. The smallest absolute Gasteiger partial charge is 0.316 e. The normalized spacial score (nSPS) is 10.6. The molecule has 0 saturated carbocycles. The van der Waals surface area contributed by atoms with Gasteiger partial charge in [0.15, 0.2) is 11.5 Å². The molecule has 146 valence electrons. The van der Waals surface area contributed by atoms with E-state index in [1.165, 1.54) is 18.1 Å². The Bertz CT molecular complexity index is 983. The molecule has 0 saturated heterocycles. The van der Waals surface area contributed by atoms with E-state index in [0.29, 0.717) is 30.4 Å². The Labute approximate surface area is 166 Å². The molecule has 8 nitrogen and oxygen atoms in total. The van der Waals surface area contributed by atoms with Crippen molar-refractivity contribution >= 4 is 34.4 Å². The molecule has 0 spiro atoms. The minimum absolute atomic E-state index is 0.407. The molecule has 2 amide bonds. The number of carbonyl (C=O) groups excluding carboxylic acids is 1. The number of hydrogen-bond acceptors (Lipinski definition) is 7. The predicted molar refractivity (Wildman–Crippen MR) is 107 cm³/mol. The zero-order chi connectivity index (χ0) is 19.9. The first-order valence-corrected chi connectivity index (χ1v) is 9.21. The van der Waals surface area contributed by atoms with E-state index < -0.39 is 6.03 Å². The lowest BCUT2D eigenvalue weighted by Crippen LogP contribution is -2.19. The number of aromatic nitrogens is 2. The van der Waals surface area contributed by atoms with Gasteiger partial charge in [0.2, 0.25) is 0 Å². The summed E-state index contributed by atoms with van der Waals surface area (Å²) in [5.74, 6) is 1.18. The molecule has 0 atom stereocenters. The Morgan fingerprint density at radius 3 is 2.75 bits per heavy atom. The Morgan fingerprint density at radius 2 is 2.00 bits per heavy atom. The Morgan fingerprint density at radius 1 is 1.14 bits per heavy atom.